The van der Waals surface area contributed by atoms with Gasteiger partial charge in [0.05, 0.1) is 18.6 Å². The number of aliphatic hydroxyl groups is 1. The lowest BCUT2D eigenvalue weighted by Gasteiger charge is -2.19. The average molecular weight is 394 g/mol. The van der Waals surface area contributed by atoms with Crippen LogP contribution < -0.4 is 20.9 Å². The summed E-state index contributed by atoms with van der Waals surface area (Å²) in [6, 6.07) is -3.71. The maximum Gasteiger partial charge on any atom is 0.324 e. The van der Waals surface area contributed by atoms with Gasteiger partial charge in [-0.15, -0.1) is 0 Å². The average Bonchev–Trinajstić information content (AvgIpc) is 3.00. The molecule has 0 radical (unpaired) electrons. The molecule has 0 aromatic carbocycles. The minimum Gasteiger partial charge on any atom is -0.480 e. The van der Waals surface area contributed by atoms with Gasteiger partial charge in [-0.3, -0.25) is 9.59 Å². The Morgan fingerprint density at radius 2 is 1.96 bits per heavy atom. The standard InChI is InChI=1S/C12H22N6O7S/c1-3-6(13)10-15-11(25-16-10)7(4-8(14)20)17-26(23,24)18-9(5(2)19)12(21)22/h5-7,9,17-19H,3-4,13H2,1-2H3,(H2,14,20)(H,21,22)/t5?,6-,7-,9-/m0/s1. The fourth-order valence-electron chi connectivity index (χ4n) is 1.85. The lowest BCUT2D eigenvalue weighted by molar-refractivity contribution is -0.141. The maximum atomic E-state index is 12.1. The lowest BCUT2D eigenvalue weighted by atomic mass is 10.2. The Balaban J connectivity index is 3.04. The van der Waals surface area contributed by atoms with E-state index in [-0.39, 0.29) is 11.7 Å². The van der Waals surface area contributed by atoms with Crippen molar-refractivity contribution in [1.29, 1.82) is 0 Å². The van der Waals surface area contributed by atoms with Crippen LogP contribution in [-0.2, 0) is 19.8 Å². The second-order valence-corrected chi connectivity index (χ2v) is 7.00. The van der Waals surface area contributed by atoms with Crippen LogP contribution in [0, 0.1) is 0 Å². The summed E-state index contributed by atoms with van der Waals surface area (Å²) in [6.45, 7) is 2.87. The number of carboxylic acids is 1. The zero-order valence-electron chi connectivity index (χ0n) is 14.1. The monoisotopic (exact) mass is 394 g/mol. The minimum atomic E-state index is -4.49. The molecule has 0 saturated heterocycles. The van der Waals surface area contributed by atoms with E-state index in [0.717, 1.165) is 6.92 Å². The number of hydrogen-bond donors (Lipinski definition) is 6. The summed E-state index contributed by atoms with van der Waals surface area (Å²) in [4.78, 5) is 26.2. The molecule has 1 rings (SSSR count). The fraction of sp³-hybridized carbons (Fsp3) is 0.667. The molecule has 148 valence electrons. The normalized spacial score (nSPS) is 16.6. The number of hydrogen-bond acceptors (Lipinski definition) is 9. The molecular formula is C12H22N6O7S. The summed E-state index contributed by atoms with van der Waals surface area (Å²) in [7, 11) is -4.49. The molecule has 1 aromatic heterocycles. The molecular weight excluding hydrogens is 372 g/mol. The van der Waals surface area contributed by atoms with Crippen molar-refractivity contribution >= 4 is 22.1 Å². The first kappa shape index (κ1) is 21.9. The molecule has 0 aliphatic rings. The van der Waals surface area contributed by atoms with Crippen LogP contribution >= 0.6 is 0 Å². The largest absolute Gasteiger partial charge is 0.480 e. The van der Waals surface area contributed by atoms with Crippen molar-refractivity contribution in [3.63, 3.8) is 0 Å². The van der Waals surface area contributed by atoms with Crippen LogP contribution in [0.2, 0.25) is 0 Å². The van der Waals surface area contributed by atoms with Crippen LogP contribution in [0.15, 0.2) is 4.52 Å². The van der Waals surface area contributed by atoms with E-state index >= 15 is 0 Å². The predicted molar refractivity (Wildman–Crippen MR) is 86.4 cm³/mol. The number of aromatic nitrogens is 2. The highest BCUT2D eigenvalue weighted by atomic mass is 32.2. The van der Waals surface area contributed by atoms with Gasteiger partial charge in [0, 0.05) is 0 Å². The Labute approximate surface area is 149 Å². The minimum absolute atomic E-state index is 0.108. The topological polar surface area (TPSA) is 224 Å². The van der Waals surface area contributed by atoms with Crippen LogP contribution in [-0.4, -0.2) is 52.8 Å². The summed E-state index contributed by atoms with van der Waals surface area (Å²) >= 11 is 0. The second kappa shape index (κ2) is 9.00. The van der Waals surface area contributed by atoms with Crippen molar-refractivity contribution in [2.24, 2.45) is 11.5 Å². The van der Waals surface area contributed by atoms with Gasteiger partial charge in [0.2, 0.25) is 11.8 Å². The van der Waals surface area contributed by atoms with E-state index in [1.807, 2.05) is 4.72 Å². The summed E-state index contributed by atoms with van der Waals surface area (Å²) in [5.41, 5.74) is 10.8. The van der Waals surface area contributed by atoms with Gasteiger partial charge in [0.1, 0.15) is 12.1 Å². The van der Waals surface area contributed by atoms with Crippen LogP contribution in [0.5, 0.6) is 0 Å². The third-order valence-electron chi connectivity index (χ3n) is 3.26. The van der Waals surface area contributed by atoms with E-state index in [1.54, 1.807) is 11.6 Å². The van der Waals surface area contributed by atoms with Crippen molar-refractivity contribution in [3.05, 3.63) is 11.7 Å². The van der Waals surface area contributed by atoms with Crippen molar-refractivity contribution in [1.82, 2.24) is 19.6 Å². The molecule has 0 aliphatic carbocycles. The van der Waals surface area contributed by atoms with Crippen molar-refractivity contribution in [3.8, 4) is 0 Å². The number of carbonyl (C=O) groups is 2. The molecule has 8 N–H and O–H groups in total. The number of nitrogens with one attached hydrogen (secondary N) is 2. The van der Waals surface area contributed by atoms with Gasteiger partial charge in [-0.1, -0.05) is 12.1 Å². The molecule has 0 saturated carbocycles. The van der Waals surface area contributed by atoms with Gasteiger partial charge >= 0.3 is 5.97 Å². The van der Waals surface area contributed by atoms with Crippen LogP contribution in [0.3, 0.4) is 0 Å². The Kier molecular flexibility index (Phi) is 7.58. The maximum absolute atomic E-state index is 12.1. The first-order chi connectivity index (χ1) is 12.0. The molecule has 0 spiro atoms. The third-order valence-corrected chi connectivity index (χ3v) is 4.42. The molecule has 0 aliphatic heterocycles. The molecule has 1 amide bonds. The zero-order valence-corrected chi connectivity index (χ0v) is 14.9. The summed E-state index contributed by atoms with van der Waals surface area (Å²) < 4.78 is 33.0. The third kappa shape index (κ3) is 6.30. The Bertz CT molecular complexity index is 734. The number of aliphatic hydroxyl groups excluding tert-OH is 1. The molecule has 13 nitrogen and oxygen atoms in total. The zero-order chi connectivity index (χ0) is 20.1. The van der Waals surface area contributed by atoms with Gasteiger partial charge in [-0.2, -0.15) is 22.8 Å². The number of carboxylic acid groups (broad SMARTS) is 1. The molecule has 1 aromatic rings. The highest BCUT2D eigenvalue weighted by Crippen LogP contribution is 2.18. The number of primary amides is 1. The molecule has 0 bridgehead atoms. The van der Waals surface area contributed by atoms with Gasteiger partial charge in [-0.05, 0) is 13.3 Å². The van der Waals surface area contributed by atoms with Crippen molar-refractivity contribution in [2.75, 3.05) is 0 Å². The molecule has 14 heteroatoms. The Morgan fingerprint density at radius 3 is 2.42 bits per heavy atom. The van der Waals surface area contributed by atoms with Crippen LogP contribution in [0.4, 0.5) is 0 Å². The van der Waals surface area contributed by atoms with Gasteiger partial charge in [0.25, 0.3) is 10.2 Å². The first-order valence-corrected chi connectivity index (χ1v) is 9.03. The van der Waals surface area contributed by atoms with Crippen LogP contribution in [0.1, 0.15) is 50.5 Å². The highest BCUT2D eigenvalue weighted by molar-refractivity contribution is 7.87. The molecule has 26 heavy (non-hydrogen) atoms. The van der Waals surface area contributed by atoms with Crippen molar-refractivity contribution in [2.45, 2.75) is 50.9 Å². The fourth-order valence-corrected chi connectivity index (χ4v) is 3.11. The number of amides is 1. The Morgan fingerprint density at radius 1 is 1.35 bits per heavy atom. The quantitative estimate of drug-likeness (QED) is 0.234. The van der Waals surface area contributed by atoms with E-state index in [9.17, 15) is 23.1 Å². The molecule has 4 atom stereocenters. The highest BCUT2D eigenvalue weighted by Gasteiger charge is 2.32. The smallest absolute Gasteiger partial charge is 0.324 e. The predicted octanol–water partition coefficient (Wildman–Crippen LogP) is -2.35. The number of carbonyl (C=O) groups excluding carboxylic acids is 1. The van der Waals surface area contributed by atoms with E-state index in [4.69, 9.17) is 21.1 Å². The van der Waals surface area contributed by atoms with E-state index in [2.05, 4.69) is 10.1 Å². The van der Waals surface area contributed by atoms with Gasteiger partial charge in [-0.25, -0.2) is 0 Å². The summed E-state index contributed by atoms with van der Waals surface area (Å²) in [5.74, 6) is -2.62. The first-order valence-electron chi connectivity index (χ1n) is 7.54. The van der Waals surface area contributed by atoms with Gasteiger partial charge in [0.15, 0.2) is 5.82 Å². The Hall–Kier alpha value is -2.13. The number of nitrogens with two attached hydrogens (primary N) is 2. The molecule has 1 heterocycles. The summed E-state index contributed by atoms with van der Waals surface area (Å²) in [6.07, 6.45) is -1.56. The van der Waals surface area contributed by atoms with Crippen LogP contribution in [0.25, 0.3) is 0 Å². The number of rotatable bonds is 11. The SMILES string of the molecule is CC[C@H](N)c1noc([C@H](CC(N)=O)NS(=O)(=O)N[C@H](C(=O)O)C(C)O)n1. The molecule has 0 fully saturated rings. The van der Waals surface area contributed by atoms with E-state index < -0.39 is 52.7 Å². The lowest BCUT2D eigenvalue weighted by Crippen LogP contribution is -2.52. The summed E-state index contributed by atoms with van der Waals surface area (Å²) in [5, 5.41) is 21.9. The van der Waals surface area contributed by atoms with Gasteiger partial charge < -0.3 is 26.2 Å². The van der Waals surface area contributed by atoms with E-state index in [1.165, 1.54) is 0 Å². The number of aliphatic carboxylic acids is 1. The number of nitrogens with zero attached hydrogens (tertiary/aromatic N) is 2. The molecule has 1 unspecified atom stereocenters. The van der Waals surface area contributed by atoms with E-state index in [0.29, 0.717) is 6.42 Å². The second-order valence-electron chi connectivity index (χ2n) is 5.52. The van der Waals surface area contributed by atoms with Crippen molar-refractivity contribution < 1.29 is 32.7 Å².